The first-order valence-corrected chi connectivity index (χ1v) is 23.7. The summed E-state index contributed by atoms with van der Waals surface area (Å²) in [5.41, 5.74) is 2.61. The topological polar surface area (TPSA) is 183 Å². The third-order valence-corrected chi connectivity index (χ3v) is 14.4. The third-order valence-electron chi connectivity index (χ3n) is 14.4. The van der Waals surface area contributed by atoms with Gasteiger partial charge in [0.2, 0.25) is 0 Å². The molecule has 1 saturated heterocycles. The summed E-state index contributed by atoms with van der Waals surface area (Å²) in [4.78, 5) is 12.0. The fraction of sp³-hybridized carbons (Fsp3) is 0.635. The van der Waals surface area contributed by atoms with Gasteiger partial charge in [0, 0.05) is 48.0 Å². The first-order chi connectivity index (χ1) is 29.8. The molecule has 2 aromatic carbocycles. The summed E-state index contributed by atoms with van der Waals surface area (Å²) in [5.74, 6) is 6.31. The van der Waals surface area contributed by atoms with Crippen molar-refractivity contribution >= 4 is 5.97 Å². The molecule has 2 heterocycles. The monoisotopic (exact) mass is 857 g/mol. The standard InChI is InChI=1S/C52H76N2O8/c1-4-5-21-47(58)48(59)30-25-39-24-23-38-16-8-7-15-37(38)17-12-22-49(51(3,62)52(31-9-6-10-32-52)41-26-28-42(56)29-27-41)54-46(44(39)34-43(57)35-55)20-13-19-45-40(33-50(60)61)18-11-14-36(2)53-45/h7-8,15-16,25-30,36,40,43,45-49,53-59,62H,4-6,9-11,13-14,18-24,31-35H2,1-3H3,(H,60,61)/t36-,40+,43-,45-,46-,47-,48+,49?,51+/m0/s1. The minimum absolute atomic E-state index is 0.00528. The maximum atomic E-state index is 13.4. The molecule has 0 aromatic heterocycles. The van der Waals surface area contributed by atoms with Gasteiger partial charge in [0.15, 0.2) is 0 Å². The molecule has 0 bridgehead atoms. The molecule has 5 rings (SSSR count). The van der Waals surface area contributed by atoms with Crippen molar-refractivity contribution in [3.63, 3.8) is 0 Å². The number of aliphatic hydroxyl groups excluding tert-OH is 4. The van der Waals surface area contributed by atoms with E-state index in [0.717, 1.165) is 98.5 Å². The molecular weight excluding hydrogens is 781 g/mol. The molecule has 0 radical (unpaired) electrons. The van der Waals surface area contributed by atoms with E-state index in [1.165, 1.54) is 0 Å². The van der Waals surface area contributed by atoms with Crippen LogP contribution < -0.4 is 10.6 Å². The van der Waals surface area contributed by atoms with Crippen LogP contribution in [0.1, 0.15) is 153 Å². The number of rotatable bonds is 18. The SMILES string of the molecule is CCCC[C@H](O)[C@H](O)C=CC1=C(C[C@H](O)CO)[C@H](CCC[C@@H]2N[C@@H](C)CCC[C@@H]2CC(=O)O)NC([C@@](C)(O)C2(c3ccc(O)cc3)CCCCC2)CC#Cc2ccccc2CC1. The van der Waals surface area contributed by atoms with E-state index < -0.39 is 54.0 Å². The fourth-order valence-corrected chi connectivity index (χ4v) is 10.7. The lowest BCUT2D eigenvalue weighted by molar-refractivity contribution is -0.138. The van der Waals surface area contributed by atoms with Gasteiger partial charge in [-0.15, -0.1) is 0 Å². The third kappa shape index (κ3) is 13.3. The Labute approximate surface area is 371 Å². The molecular formula is C52H76N2O8. The number of unbranched alkanes of at least 4 members (excludes halogenated alkanes) is 1. The number of aliphatic hydroxyl groups is 5. The zero-order valence-corrected chi connectivity index (χ0v) is 37.6. The summed E-state index contributed by atoms with van der Waals surface area (Å²) in [5, 5.41) is 85.1. The average molecular weight is 857 g/mol. The quantitative estimate of drug-likeness (QED) is 0.0688. The number of hydrogen-bond donors (Lipinski definition) is 9. The number of nitrogens with one attached hydrogen (secondary N) is 2. The Morgan fingerprint density at radius 2 is 1.71 bits per heavy atom. The van der Waals surface area contributed by atoms with Crippen molar-refractivity contribution in [2.45, 2.75) is 196 Å². The lowest BCUT2D eigenvalue weighted by Gasteiger charge is -2.52. The van der Waals surface area contributed by atoms with E-state index in [0.29, 0.717) is 38.5 Å². The van der Waals surface area contributed by atoms with Gasteiger partial charge in [-0.25, -0.2) is 0 Å². The van der Waals surface area contributed by atoms with E-state index in [4.69, 9.17) is 0 Å². The number of carboxylic acids is 1. The largest absolute Gasteiger partial charge is 0.508 e. The predicted octanol–water partition coefficient (Wildman–Crippen LogP) is 7.36. The van der Waals surface area contributed by atoms with Gasteiger partial charge in [-0.2, -0.15) is 0 Å². The van der Waals surface area contributed by atoms with Crippen LogP contribution in [-0.2, 0) is 16.6 Å². The first kappa shape index (κ1) is 49.5. The van der Waals surface area contributed by atoms with Crippen LogP contribution in [0.4, 0.5) is 0 Å². The molecule has 1 aliphatic carbocycles. The second-order valence-corrected chi connectivity index (χ2v) is 18.8. The summed E-state index contributed by atoms with van der Waals surface area (Å²) >= 11 is 0. The Hall–Kier alpha value is -3.53. The number of benzene rings is 2. The molecule has 2 aliphatic heterocycles. The number of phenols is 1. The second kappa shape index (κ2) is 24.0. The fourth-order valence-electron chi connectivity index (χ4n) is 10.7. The molecule has 10 heteroatoms. The summed E-state index contributed by atoms with van der Waals surface area (Å²) in [6, 6.07) is 14.6. The Kier molecular flexibility index (Phi) is 19.1. The van der Waals surface area contributed by atoms with Gasteiger partial charge in [0.1, 0.15) is 5.75 Å². The Morgan fingerprint density at radius 1 is 0.968 bits per heavy atom. The number of fused-ring (bicyclic) bond motifs is 1. The van der Waals surface area contributed by atoms with Crippen LogP contribution >= 0.6 is 0 Å². The number of hydrogen-bond acceptors (Lipinski definition) is 9. The molecule has 1 unspecified atom stereocenters. The smallest absolute Gasteiger partial charge is 0.303 e. The Morgan fingerprint density at radius 3 is 2.42 bits per heavy atom. The number of aliphatic carboxylic acids is 1. The highest BCUT2D eigenvalue weighted by atomic mass is 16.4. The van der Waals surface area contributed by atoms with Crippen LogP contribution in [-0.4, -0.2) is 96.4 Å². The highest BCUT2D eigenvalue weighted by molar-refractivity contribution is 5.67. The normalized spacial score (nSPS) is 26.1. The average Bonchev–Trinajstić information content (AvgIpc) is 3.43. The van der Waals surface area contributed by atoms with Gasteiger partial charge in [-0.3, -0.25) is 4.79 Å². The molecule has 2 fully saturated rings. The van der Waals surface area contributed by atoms with Crippen molar-refractivity contribution in [3.05, 3.63) is 88.5 Å². The second-order valence-electron chi connectivity index (χ2n) is 18.8. The highest BCUT2D eigenvalue weighted by Gasteiger charge is 2.53. The maximum Gasteiger partial charge on any atom is 0.303 e. The molecule has 342 valence electrons. The van der Waals surface area contributed by atoms with E-state index in [2.05, 4.69) is 35.5 Å². The van der Waals surface area contributed by atoms with E-state index in [1.807, 2.05) is 50.3 Å². The van der Waals surface area contributed by atoms with Crippen molar-refractivity contribution in [1.29, 1.82) is 0 Å². The Bertz CT molecular complexity index is 1820. The number of carboxylic acid groups (broad SMARTS) is 1. The molecule has 1 saturated carbocycles. The van der Waals surface area contributed by atoms with Crippen molar-refractivity contribution in [2.24, 2.45) is 5.92 Å². The number of aryl methyl sites for hydroxylation is 1. The molecule has 0 amide bonds. The van der Waals surface area contributed by atoms with Crippen molar-refractivity contribution in [3.8, 4) is 17.6 Å². The molecule has 62 heavy (non-hydrogen) atoms. The predicted molar refractivity (Wildman–Crippen MR) is 246 cm³/mol. The number of allylic oxidation sites excluding steroid dienone is 2. The van der Waals surface area contributed by atoms with Gasteiger partial charge in [0.05, 0.1) is 30.5 Å². The summed E-state index contributed by atoms with van der Waals surface area (Å²) in [6.07, 6.45) is 13.5. The van der Waals surface area contributed by atoms with Gasteiger partial charge in [0.25, 0.3) is 0 Å². The molecule has 9 atom stereocenters. The zero-order valence-electron chi connectivity index (χ0n) is 37.6. The lowest BCUT2D eigenvalue weighted by Crippen LogP contribution is -2.63. The van der Waals surface area contributed by atoms with Crippen LogP contribution in [0.25, 0.3) is 0 Å². The number of aromatic hydroxyl groups is 1. The first-order valence-electron chi connectivity index (χ1n) is 23.7. The zero-order chi connectivity index (χ0) is 44.7. The molecule has 10 nitrogen and oxygen atoms in total. The maximum absolute atomic E-state index is 13.4. The molecule has 3 aliphatic rings. The van der Waals surface area contributed by atoms with Crippen molar-refractivity contribution in [1.82, 2.24) is 10.6 Å². The Balaban J connectivity index is 1.67. The molecule has 0 spiro atoms. The van der Waals surface area contributed by atoms with Crippen molar-refractivity contribution in [2.75, 3.05) is 6.61 Å². The highest BCUT2D eigenvalue weighted by Crippen LogP contribution is 2.50. The van der Waals surface area contributed by atoms with Crippen LogP contribution in [0.2, 0.25) is 0 Å². The van der Waals surface area contributed by atoms with Gasteiger partial charge in [-0.1, -0.05) is 106 Å². The summed E-state index contributed by atoms with van der Waals surface area (Å²) < 4.78 is 0. The number of phenolic OH excluding ortho intramolecular Hbond substituents is 1. The van der Waals surface area contributed by atoms with Crippen LogP contribution in [0.3, 0.4) is 0 Å². The minimum Gasteiger partial charge on any atom is -0.508 e. The van der Waals surface area contributed by atoms with Crippen LogP contribution in [0.5, 0.6) is 5.75 Å². The molecule has 9 N–H and O–H groups in total. The summed E-state index contributed by atoms with van der Waals surface area (Å²) in [6.45, 7) is 5.68. The van der Waals surface area contributed by atoms with Gasteiger partial charge in [-0.05, 0) is 124 Å². The minimum atomic E-state index is -1.36. The van der Waals surface area contributed by atoms with Crippen LogP contribution in [0, 0.1) is 17.8 Å². The van der Waals surface area contributed by atoms with E-state index >= 15 is 0 Å². The van der Waals surface area contributed by atoms with Gasteiger partial charge < -0.3 is 46.4 Å². The lowest BCUT2D eigenvalue weighted by atomic mass is 9.57. The van der Waals surface area contributed by atoms with E-state index in [-0.39, 0.29) is 36.6 Å². The van der Waals surface area contributed by atoms with Gasteiger partial charge >= 0.3 is 5.97 Å². The van der Waals surface area contributed by atoms with E-state index in [1.54, 1.807) is 18.2 Å². The number of carbonyl (C=O) groups is 1. The molecule has 2 aromatic rings. The van der Waals surface area contributed by atoms with E-state index in [9.17, 15) is 40.5 Å². The summed E-state index contributed by atoms with van der Waals surface area (Å²) in [7, 11) is 0. The van der Waals surface area contributed by atoms with Crippen LogP contribution in [0.15, 0.2) is 71.8 Å². The van der Waals surface area contributed by atoms with Crippen molar-refractivity contribution < 1.29 is 40.5 Å².